The summed E-state index contributed by atoms with van der Waals surface area (Å²) in [5.41, 5.74) is 2.19. The van der Waals surface area contributed by atoms with Crippen LogP contribution in [0.25, 0.3) is 5.69 Å². The Morgan fingerprint density at radius 2 is 2.04 bits per heavy atom. The average molecular weight is 342 g/mol. The van der Waals surface area contributed by atoms with Crippen molar-refractivity contribution >= 4 is 6.03 Å². The van der Waals surface area contributed by atoms with Gasteiger partial charge in [0.05, 0.1) is 5.69 Å². The van der Waals surface area contributed by atoms with Crippen molar-refractivity contribution in [1.82, 2.24) is 20.4 Å². The summed E-state index contributed by atoms with van der Waals surface area (Å²) in [6.45, 7) is 0.733. The molecular weight excluding hydrogens is 316 g/mol. The largest absolute Gasteiger partial charge is 0.396 e. The van der Waals surface area contributed by atoms with Crippen molar-refractivity contribution in [2.24, 2.45) is 5.92 Å². The van der Waals surface area contributed by atoms with Gasteiger partial charge in [-0.05, 0) is 43.0 Å². The Kier molecular flexibility index (Phi) is 6.06. The van der Waals surface area contributed by atoms with Crippen molar-refractivity contribution in [3.63, 3.8) is 0 Å². The molecule has 0 aliphatic heterocycles. The van der Waals surface area contributed by atoms with E-state index in [-0.39, 0.29) is 24.6 Å². The standard InChI is InChI=1S/C19H26N4O2/c24-14-16-4-1-2-5-18(16)22-19(25)20-12-10-15-6-8-17(9-7-15)23-13-3-11-21-23/h3,6-9,11,13,16,18,24H,1-2,4-5,10,12,14H2,(H2,20,22,25)/t16-,18-/m1/s1. The molecule has 134 valence electrons. The second kappa shape index (κ2) is 8.67. The first kappa shape index (κ1) is 17.5. The van der Waals surface area contributed by atoms with Crippen molar-refractivity contribution in [2.75, 3.05) is 13.2 Å². The lowest BCUT2D eigenvalue weighted by Crippen LogP contribution is -2.48. The predicted molar refractivity (Wildman–Crippen MR) is 96.6 cm³/mol. The number of benzene rings is 1. The molecule has 25 heavy (non-hydrogen) atoms. The van der Waals surface area contributed by atoms with E-state index in [4.69, 9.17) is 0 Å². The molecule has 6 heteroatoms. The number of rotatable bonds is 6. The molecule has 1 heterocycles. The molecule has 0 unspecified atom stereocenters. The summed E-state index contributed by atoms with van der Waals surface area (Å²) in [5, 5.41) is 19.5. The number of amides is 2. The highest BCUT2D eigenvalue weighted by molar-refractivity contribution is 5.74. The molecule has 0 radical (unpaired) electrons. The van der Waals surface area contributed by atoms with Crippen LogP contribution in [0.4, 0.5) is 4.79 Å². The number of aliphatic hydroxyl groups excluding tert-OH is 1. The zero-order valence-corrected chi connectivity index (χ0v) is 14.4. The summed E-state index contributed by atoms with van der Waals surface area (Å²) >= 11 is 0. The number of carbonyl (C=O) groups excluding carboxylic acids is 1. The van der Waals surface area contributed by atoms with Crippen LogP contribution in [0, 0.1) is 5.92 Å². The number of hydrogen-bond donors (Lipinski definition) is 3. The maximum absolute atomic E-state index is 12.1. The monoisotopic (exact) mass is 342 g/mol. The lowest BCUT2D eigenvalue weighted by Gasteiger charge is -2.30. The highest BCUT2D eigenvalue weighted by Gasteiger charge is 2.25. The van der Waals surface area contributed by atoms with Crippen molar-refractivity contribution in [2.45, 2.75) is 38.1 Å². The van der Waals surface area contributed by atoms with Gasteiger partial charge in [-0.3, -0.25) is 0 Å². The molecule has 1 saturated carbocycles. The Balaban J connectivity index is 1.42. The third-order valence-corrected chi connectivity index (χ3v) is 4.86. The Labute approximate surface area is 148 Å². The highest BCUT2D eigenvalue weighted by Crippen LogP contribution is 2.23. The summed E-state index contributed by atoms with van der Waals surface area (Å²) in [4.78, 5) is 12.1. The lowest BCUT2D eigenvalue weighted by molar-refractivity contribution is 0.154. The molecule has 0 saturated heterocycles. The fourth-order valence-electron chi connectivity index (χ4n) is 3.39. The van der Waals surface area contributed by atoms with Crippen LogP contribution in [0.1, 0.15) is 31.2 Å². The third-order valence-electron chi connectivity index (χ3n) is 4.86. The van der Waals surface area contributed by atoms with Gasteiger partial charge in [-0.2, -0.15) is 5.10 Å². The Hall–Kier alpha value is -2.34. The van der Waals surface area contributed by atoms with Gasteiger partial charge in [-0.1, -0.05) is 25.0 Å². The van der Waals surface area contributed by atoms with Gasteiger partial charge in [0.2, 0.25) is 0 Å². The second-order valence-corrected chi connectivity index (χ2v) is 6.60. The van der Waals surface area contributed by atoms with Crippen LogP contribution in [0.15, 0.2) is 42.7 Å². The van der Waals surface area contributed by atoms with Crippen LogP contribution in [0.5, 0.6) is 0 Å². The zero-order valence-electron chi connectivity index (χ0n) is 14.4. The number of hydrogen-bond acceptors (Lipinski definition) is 3. The molecule has 0 spiro atoms. The van der Waals surface area contributed by atoms with Gasteiger partial charge in [0.25, 0.3) is 0 Å². The van der Waals surface area contributed by atoms with E-state index >= 15 is 0 Å². The molecule has 6 nitrogen and oxygen atoms in total. The molecule has 3 N–H and O–H groups in total. The zero-order chi connectivity index (χ0) is 17.5. The molecule has 3 rings (SSSR count). The van der Waals surface area contributed by atoms with E-state index in [1.165, 1.54) is 5.56 Å². The fourth-order valence-corrected chi connectivity index (χ4v) is 3.39. The lowest BCUT2D eigenvalue weighted by atomic mass is 9.85. The van der Waals surface area contributed by atoms with E-state index in [2.05, 4.69) is 27.9 Å². The minimum Gasteiger partial charge on any atom is -0.396 e. The summed E-state index contributed by atoms with van der Waals surface area (Å²) in [6, 6.07) is 10.0. The number of carbonyl (C=O) groups is 1. The highest BCUT2D eigenvalue weighted by atomic mass is 16.3. The molecule has 1 aromatic carbocycles. The number of aliphatic hydroxyl groups is 1. The Morgan fingerprint density at radius 3 is 2.76 bits per heavy atom. The Bertz CT molecular complexity index is 655. The maximum atomic E-state index is 12.1. The summed E-state index contributed by atoms with van der Waals surface area (Å²) in [7, 11) is 0. The van der Waals surface area contributed by atoms with Crippen molar-refractivity contribution < 1.29 is 9.90 Å². The summed E-state index contributed by atoms with van der Waals surface area (Å²) in [6.07, 6.45) is 8.64. The number of nitrogens with one attached hydrogen (secondary N) is 2. The number of urea groups is 1. The van der Waals surface area contributed by atoms with E-state index in [0.29, 0.717) is 6.54 Å². The second-order valence-electron chi connectivity index (χ2n) is 6.60. The molecular formula is C19H26N4O2. The molecule has 0 bridgehead atoms. The van der Waals surface area contributed by atoms with Gasteiger partial charge in [0.1, 0.15) is 0 Å². The van der Waals surface area contributed by atoms with Crippen LogP contribution >= 0.6 is 0 Å². The molecule has 1 aliphatic carbocycles. The summed E-state index contributed by atoms with van der Waals surface area (Å²) in [5.74, 6) is 0.189. The van der Waals surface area contributed by atoms with Gasteiger partial charge < -0.3 is 15.7 Å². The fraction of sp³-hybridized carbons (Fsp3) is 0.474. The van der Waals surface area contributed by atoms with Crippen LogP contribution in [0.3, 0.4) is 0 Å². The smallest absolute Gasteiger partial charge is 0.315 e. The van der Waals surface area contributed by atoms with Gasteiger partial charge in [0, 0.05) is 37.5 Å². The quantitative estimate of drug-likeness (QED) is 0.753. The van der Waals surface area contributed by atoms with E-state index in [0.717, 1.165) is 37.8 Å². The number of nitrogens with zero attached hydrogens (tertiary/aromatic N) is 2. The molecule has 2 aromatic rings. The van der Waals surface area contributed by atoms with Crippen molar-refractivity contribution in [1.29, 1.82) is 0 Å². The van der Waals surface area contributed by atoms with Crippen molar-refractivity contribution in [3.05, 3.63) is 48.3 Å². The minimum absolute atomic E-state index is 0.0899. The van der Waals surface area contributed by atoms with E-state index in [1.54, 1.807) is 6.20 Å². The molecule has 1 aliphatic rings. The Morgan fingerprint density at radius 1 is 1.24 bits per heavy atom. The summed E-state index contributed by atoms with van der Waals surface area (Å²) < 4.78 is 1.82. The molecule has 2 atom stereocenters. The number of aromatic nitrogens is 2. The molecule has 2 amide bonds. The van der Waals surface area contributed by atoms with Gasteiger partial charge >= 0.3 is 6.03 Å². The van der Waals surface area contributed by atoms with Crippen LogP contribution in [-0.4, -0.2) is 40.1 Å². The van der Waals surface area contributed by atoms with E-state index in [9.17, 15) is 9.90 Å². The third kappa shape index (κ3) is 4.82. The van der Waals surface area contributed by atoms with Gasteiger partial charge in [-0.15, -0.1) is 0 Å². The topological polar surface area (TPSA) is 79.2 Å². The first-order valence-electron chi connectivity index (χ1n) is 9.00. The van der Waals surface area contributed by atoms with Crippen LogP contribution < -0.4 is 10.6 Å². The van der Waals surface area contributed by atoms with E-state index in [1.807, 2.05) is 29.1 Å². The molecule has 1 fully saturated rings. The first-order valence-corrected chi connectivity index (χ1v) is 9.00. The van der Waals surface area contributed by atoms with Gasteiger partial charge in [-0.25, -0.2) is 9.48 Å². The first-order chi connectivity index (χ1) is 12.3. The minimum atomic E-state index is -0.140. The molecule has 1 aromatic heterocycles. The predicted octanol–water partition coefficient (Wildman–Crippen LogP) is 2.27. The van der Waals surface area contributed by atoms with Gasteiger partial charge in [0.15, 0.2) is 0 Å². The normalized spacial score (nSPS) is 20.2. The SMILES string of the molecule is O=C(NCCc1ccc(-n2cccn2)cc1)N[C@@H]1CCCC[C@@H]1CO. The maximum Gasteiger partial charge on any atom is 0.315 e. The van der Waals surface area contributed by atoms with E-state index < -0.39 is 0 Å². The van der Waals surface area contributed by atoms with Crippen LogP contribution in [-0.2, 0) is 6.42 Å². The van der Waals surface area contributed by atoms with Crippen molar-refractivity contribution in [3.8, 4) is 5.69 Å². The average Bonchev–Trinajstić information content (AvgIpc) is 3.17. The van der Waals surface area contributed by atoms with Crippen LogP contribution in [0.2, 0.25) is 0 Å².